The van der Waals surface area contributed by atoms with Crippen LogP contribution in [0.15, 0.2) is 21.3 Å². The van der Waals surface area contributed by atoms with E-state index in [1.165, 1.54) is 18.7 Å². The SMILES string of the molecule is COc1ccc2c(C)c(CCC(=O)N[C@@H](CCSC)C(=O)N[C@@H](C)C(=O)O)c(=O)oc2c1C. The monoisotopic (exact) mass is 478 g/mol. The molecule has 0 aliphatic rings. The lowest BCUT2D eigenvalue weighted by Crippen LogP contribution is -2.51. The van der Waals surface area contributed by atoms with Crippen LogP contribution in [0.4, 0.5) is 0 Å². The van der Waals surface area contributed by atoms with E-state index in [1.54, 1.807) is 20.1 Å². The Morgan fingerprint density at radius 2 is 1.88 bits per heavy atom. The van der Waals surface area contributed by atoms with Gasteiger partial charge in [-0.15, -0.1) is 0 Å². The molecule has 0 aliphatic carbocycles. The number of nitrogens with one attached hydrogen (secondary N) is 2. The average molecular weight is 479 g/mol. The lowest BCUT2D eigenvalue weighted by atomic mass is 10.00. The van der Waals surface area contributed by atoms with Gasteiger partial charge in [-0.05, 0) is 63.3 Å². The van der Waals surface area contributed by atoms with Gasteiger partial charge in [0, 0.05) is 22.9 Å². The Kier molecular flexibility index (Phi) is 9.33. The number of fused-ring (bicyclic) bond motifs is 1. The van der Waals surface area contributed by atoms with Crippen molar-refractivity contribution < 1.29 is 28.6 Å². The van der Waals surface area contributed by atoms with Gasteiger partial charge in [0.1, 0.15) is 23.4 Å². The van der Waals surface area contributed by atoms with Crippen molar-refractivity contribution in [2.75, 3.05) is 19.1 Å². The van der Waals surface area contributed by atoms with Gasteiger partial charge in [-0.1, -0.05) is 0 Å². The lowest BCUT2D eigenvalue weighted by Gasteiger charge is -2.20. The summed E-state index contributed by atoms with van der Waals surface area (Å²) in [6.45, 7) is 4.97. The second kappa shape index (κ2) is 11.7. The molecule has 1 aromatic heterocycles. The van der Waals surface area contributed by atoms with Crippen LogP contribution in [-0.2, 0) is 20.8 Å². The number of carbonyl (C=O) groups excluding carboxylic acids is 2. The molecule has 2 atom stereocenters. The van der Waals surface area contributed by atoms with Crippen LogP contribution < -0.4 is 21.0 Å². The third kappa shape index (κ3) is 6.50. The molecule has 1 aromatic carbocycles. The molecule has 0 aliphatic heterocycles. The topological polar surface area (TPSA) is 135 Å². The van der Waals surface area contributed by atoms with Crippen molar-refractivity contribution in [3.05, 3.63) is 39.2 Å². The predicted octanol–water partition coefficient (Wildman–Crippen LogP) is 2.18. The number of methoxy groups -OCH3 is 1. The fraction of sp³-hybridized carbons (Fsp3) is 0.478. The number of amides is 2. The highest BCUT2D eigenvalue weighted by atomic mass is 32.2. The quantitative estimate of drug-likeness (QED) is 0.418. The lowest BCUT2D eigenvalue weighted by molar-refractivity contribution is -0.141. The highest BCUT2D eigenvalue weighted by Gasteiger charge is 2.24. The smallest absolute Gasteiger partial charge is 0.339 e. The van der Waals surface area contributed by atoms with Crippen LogP contribution in [0.25, 0.3) is 11.0 Å². The maximum Gasteiger partial charge on any atom is 0.339 e. The molecule has 0 fully saturated rings. The molecule has 0 saturated heterocycles. The van der Waals surface area contributed by atoms with E-state index in [0.29, 0.717) is 29.1 Å². The molecule has 2 rings (SSSR count). The summed E-state index contributed by atoms with van der Waals surface area (Å²) >= 11 is 1.51. The molecule has 0 saturated carbocycles. The maximum absolute atomic E-state index is 12.6. The summed E-state index contributed by atoms with van der Waals surface area (Å²) in [6.07, 6.45) is 2.34. The minimum Gasteiger partial charge on any atom is -0.496 e. The van der Waals surface area contributed by atoms with Gasteiger partial charge < -0.3 is 24.9 Å². The van der Waals surface area contributed by atoms with E-state index < -0.39 is 35.5 Å². The Morgan fingerprint density at radius 3 is 2.48 bits per heavy atom. The molecule has 0 radical (unpaired) electrons. The number of carboxylic acid groups (broad SMARTS) is 1. The first-order valence-electron chi connectivity index (χ1n) is 10.5. The summed E-state index contributed by atoms with van der Waals surface area (Å²) in [6, 6.07) is 1.68. The normalized spacial score (nSPS) is 12.8. The molecule has 1 heterocycles. The Balaban J connectivity index is 2.15. The van der Waals surface area contributed by atoms with Crippen LogP contribution in [0.1, 0.15) is 36.5 Å². The molecular weight excluding hydrogens is 448 g/mol. The number of aliphatic carboxylic acids is 1. The van der Waals surface area contributed by atoms with Gasteiger partial charge in [0.25, 0.3) is 0 Å². The van der Waals surface area contributed by atoms with Crippen LogP contribution in [0.2, 0.25) is 0 Å². The van der Waals surface area contributed by atoms with Crippen LogP contribution in [0, 0.1) is 13.8 Å². The molecule has 0 spiro atoms. The molecule has 2 aromatic rings. The van der Waals surface area contributed by atoms with E-state index in [2.05, 4.69) is 10.6 Å². The average Bonchev–Trinajstić information content (AvgIpc) is 2.77. The first kappa shape index (κ1) is 26.2. The molecule has 10 heteroatoms. The zero-order valence-corrected chi connectivity index (χ0v) is 20.3. The van der Waals surface area contributed by atoms with Crippen molar-refractivity contribution in [2.45, 2.75) is 52.1 Å². The minimum absolute atomic E-state index is 0.0240. The third-order valence-electron chi connectivity index (χ3n) is 5.47. The van der Waals surface area contributed by atoms with Crippen molar-refractivity contribution in [3.8, 4) is 5.75 Å². The fourth-order valence-electron chi connectivity index (χ4n) is 3.47. The molecule has 0 bridgehead atoms. The van der Waals surface area contributed by atoms with E-state index in [4.69, 9.17) is 14.3 Å². The number of hydrogen-bond donors (Lipinski definition) is 3. The number of thioether (sulfide) groups is 1. The minimum atomic E-state index is -1.16. The van der Waals surface area contributed by atoms with Gasteiger partial charge in [-0.2, -0.15) is 11.8 Å². The summed E-state index contributed by atoms with van der Waals surface area (Å²) < 4.78 is 10.8. The molecule has 0 unspecified atom stereocenters. The summed E-state index contributed by atoms with van der Waals surface area (Å²) in [5.74, 6) is -0.911. The number of aryl methyl sites for hydroxylation is 2. The van der Waals surface area contributed by atoms with Crippen LogP contribution in [0.5, 0.6) is 5.75 Å². The first-order valence-corrected chi connectivity index (χ1v) is 11.9. The molecule has 2 amide bonds. The number of rotatable bonds is 11. The third-order valence-corrected chi connectivity index (χ3v) is 6.11. The summed E-state index contributed by atoms with van der Waals surface area (Å²) in [4.78, 5) is 48.6. The Hall–Kier alpha value is -3.01. The number of ether oxygens (including phenoxy) is 1. The molecule has 3 N–H and O–H groups in total. The van der Waals surface area contributed by atoms with Crippen molar-refractivity contribution in [3.63, 3.8) is 0 Å². The van der Waals surface area contributed by atoms with Gasteiger partial charge in [0.2, 0.25) is 11.8 Å². The largest absolute Gasteiger partial charge is 0.496 e. The van der Waals surface area contributed by atoms with Crippen LogP contribution >= 0.6 is 11.8 Å². The van der Waals surface area contributed by atoms with Crippen molar-refractivity contribution in [1.82, 2.24) is 10.6 Å². The second-order valence-electron chi connectivity index (χ2n) is 7.73. The maximum atomic E-state index is 12.6. The zero-order chi connectivity index (χ0) is 24.7. The van der Waals surface area contributed by atoms with Crippen molar-refractivity contribution >= 4 is 40.5 Å². The summed E-state index contributed by atoms with van der Waals surface area (Å²) in [5, 5.41) is 14.8. The standard InChI is InChI=1S/C23H30N2O7S/c1-12-15-6-8-18(31-4)13(2)20(15)32-23(30)16(12)7-9-19(26)25-17(10-11-33-5)21(27)24-14(3)22(28)29/h6,8,14,17H,7,9-11H2,1-5H3,(H,24,27)(H,25,26)(H,28,29)/t14-,17-/m0/s1. The van der Waals surface area contributed by atoms with Gasteiger partial charge in [0.05, 0.1) is 7.11 Å². The van der Waals surface area contributed by atoms with E-state index in [1.807, 2.05) is 19.2 Å². The van der Waals surface area contributed by atoms with Crippen LogP contribution in [-0.4, -0.2) is 54.1 Å². The van der Waals surface area contributed by atoms with E-state index in [-0.39, 0.29) is 12.8 Å². The predicted molar refractivity (Wildman–Crippen MR) is 127 cm³/mol. The van der Waals surface area contributed by atoms with Crippen LogP contribution in [0.3, 0.4) is 0 Å². The highest BCUT2D eigenvalue weighted by Crippen LogP contribution is 2.29. The molecule has 9 nitrogen and oxygen atoms in total. The summed E-state index contributed by atoms with van der Waals surface area (Å²) in [5.41, 5.74) is 1.78. The first-order chi connectivity index (χ1) is 15.6. The fourth-order valence-corrected chi connectivity index (χ4v) is 3.94. The Bertz CT molecular complexity index is 1100. The number of benzene rings is 1. The number of carbonyl (C=O) groups is 3. The molecular formula is C23H30N2O7S. The van der Waals surface area contributed by atoms with Crippen molar-refractivity contribution in [1.29, 1.82) is 0 Å². The second-order valence-corrected chi connectivity index (χ2v) is 8.72. The van der Waals surface area contributed by atoms with Gasteiger partial charge in [-0.3, -0.25) is 14.4 Å². The Labute approximate surface area is 196 Å². The van der Waals surface area contributed by atoms with Gasteiger partial charge in [0.15, 0.2) is 0 Å². The molecule has 180 valence electrons. The van der Waals surface area contributed by atoms with E-state index >= 15 is 0 Å². The number of hydrogen-bond acceptors (Lipinski definition) is 7. The molecule has 33 heavy (non-hydrogen) atoms. The van der Waals surface area contributed by atoms with Gasteiger partial charge in [-0.25, -0.2) is 4.79 Å². The van der Waals surface area contributed by atoms with E-state index in [0.717, 1.165) is 16.5 Å². The Morgan fingerprint density at radius 1 is 1.18 bits per heavy atom. The zero-order valence-electron chi connectivity index (χ0n) is 19.4. The number of carboxylic acids is 1. The highest BCUT2D eigenvalue weighted by molar-refractivity contribution is 7.98. The summed E-state index contributed by atoms with van der Waals surface area (Å²) in [7, 11) is 1.54. The van der Waals surface area contributed by atoms with E-state index in [9.17, 15) is 19.2 Å². The van der Waals surface area contributed by atoms with Gasteiger partial charge >= 0.3 is 11.6 Å². The van der Waals surface area contributed by atoms with Crippen molar-refractivity contribution in [2.24, 2.45) is 0 Å².